The lowest BCUT2D eigenvalue weighted by atomic mass is 9.96. The lowest BCUT2D eigenvalue weighted by molar-refractivity contribution is -0.128. The number of carbonyl (C=O) groups is 1. The Morgan fingerprint density at radius 2 is 1.62 bits per heavy atom. The first-order valence-corrected chi connectivity index (χ1v) is 8.19. The summed E-state index contributed by atoms with van der Waals surface area (Å²) >= 11 is 0. The molecule has 0 aromatic heterocycles. The highest BCUT2D eigenvalue weighted by Crippen LogP contribution is 2.11. The first kappa shape index (κ1) is 22.7. The van der Waals surface area contributed by atoms with Crippen LogP contribution in [0.15, 0.2) is 29.3 Å². The predicted molar refractivity (Wildman–Crippen MR) is 112 cm³/mol. The molecule has 0 aliphatic heterocycles. The smallest absolute Gasteiger partial charge is 0.225 e. The van der Waals surface area contributed by atoms with Gasteiger partial charge in [0, 0.05) is 25.0 Å². The molecule has 0 saturated heterocycles. The molecule has 1 aromatic rings. The molecule has 0 atom stereocenters. The molecule has 0 aliphatic carbocycles. The number of nitrogens with zero attached hydrogens (tertiary/aromatic N) is 1. The maximum absolute atomic E-state index is 11.8. The number of halogens is 1. The van der Waals surface area contributed by atoms with Gasteiger partial charge in [0.25, 0.3) is 0 Å². The largest absolute Gasteiger partial charge is 0.357 e. The van der Waals surface area contributed by atoms with Gasteiger partial charge in [-0.2, -0.15) is 0 Å². The average molecular weight is 446 g/mol. The maximum atomic E-state index is 11.8. The van der Waals surface area contributed by atoms with Gasteiger partial charge >= 0.3 is 0 Å². The number of benzene rings is 1. The van der Waals surface area contributed by atoms with Crippen LogP contribution >= 0.6 is 24.0 Å². The fourth-order valence-electron chi connectivity index (χ4n) is 1.83. The van der Waals surface area contributed by atoms with Gasteiger partial charge in [-0.3, -0.25) is 4.79 Å². The van der Waals surface area contributed by atoms with Crippen LogP contribution in [0.3, 0.4) is 0 Å². The Balaban J connectivity index is 0.00000529. The van der Waals surface area contributed by atoms with Crippen LogP contribution in [0, 0.1) is 12.3 Å². The monoisotopic (exact) mass is 446 g/mol. The van der Waals surface area contributed by atoms with Crippen LogP contribution in [0.4, 0.5) is 0 Å². The molecule has 1 aromatic carbocycles. The van der Waals surface area contributed by atoms with Gasteiger partial charge in [0.1, 0.15) is 0 Å². The number of guanidine groups is 1. The summed E-state index contributed by atoms with van der Waals surface area (Å²) in [5, 5.41) is 9.36. The summed E-state index contributed by atoms with van der Waals surface area (Å²) in [6.07, 6.45) is 0. The second kappa shape index (κ2) is 11.3. The van der Waals surface area contributed by atoms with Crippen molar-refractivity contribution in [3.8, 4) is 0 Å². The Morgan fingerprint density at radius 1 is 1.04 bits per heavy atom. The van der Waals surface area contributed by atoms with Crippen LogP contribution in [0.1, 0.15) is 38.8 Å². The zero-order chi connectivity index (χ0) is 17.3. The second-order valence-corrected chi connectivity index (χ2v) is 6.61. The third-order valence-electron chi connectivity index (χ3n) is 3.27. The van der Waals surface area contributed by atoms with Crippen LogP contribution in [-0.2, 0) is 11.3 Å². The number of rotatable bonds is 6. The van der Waals surface area contributed by atoms with Crippen molar-refractivity contribution in [2.24, 2.45) is 10.4 Å². The van der Waals surface area contributed by atoms with E-state index in [1.807, 2.05) is 27.7 Å². The van der Waals surface area contributed by atoms with E-state index in [9.17, 15) is 4.79 Å². The number of nitrogens with one attached hydrogen (secondary N) is 3. The fourth-order valence-corrected chi connectivity index (χ4v) is 1.83. The highest BCUT2D eigenvalue weighted by atomic mass is 127. The molecule has 0 saturated carbocycles. The second-order valence-electron chi connectivity index (χ2n) is 6.61. The zero-order valence-corrected chi connectivity index (χ0v) is 17.7. The minimum absolute atomic E-state index is 0. The topological polar surface area (TPSA) is 65.5 Å². The molecule has 24 heavy (non-hydrogen) atoms. The van der Waals surface area contributed by atoms with Crippen molar-refractivity contribution in [2.75, 3.05) is 19.6 Å². The molecule has 0 spiro atoms. The van der Waals surface area contributed by atoms with Crippen LogP contribution in [0.2, 0.25) is 0 Å². The van der Waals surface area contributed by atoms with Gasteiger partial charge in [-0.25, -0.2) is 4.99 Å². The van der Waals surface area contributed by atoms with E-state index in [4.69, 9.17) is 0 Å². The van der Waals surface area contributed by atoms with Crippen molar-refractivity contribution in [1.29, 1.82) is 0 Å². The molecule has 6 heteroatoms. The summed E-state index contributed by atoms with van der Waals surface area (Å²) in [6.45, 7) is 12.5. The molecule has 5 nitrogen and oxygen atoms in total. The van der Waals surface area contributed by atoms with Gasteiger partial charge in [0.15, 0.2) is 5.96 Å². The molecule has 3 N–H and O–H groups in total. The van der Waals surface area contributed by atoms with E-state index < -0.39 is 0 Å². The standard InChI is InChI=1S/C18H30N4O.HI/c1-6-19-17(21-12-11-20-16(23)18(3,4)5)22-13-15-9-7-14(2)8-10-15;/h7-10H,6,11-13H2,1-5H3,(H,20,23)(H2,19,21,22);1H. The van der Waals surface area contributed by atoms with Gasteiger partial charge < -0.3 is 16.0 Å². The summed E-state index contributed by atoms with van der Waals surface area (Å²) in [7, 11) is 0. The average Bonchev–Trinajstić information content (AvgIpc) is 2.49. The minimum Gasteiger partial charge on any atom is -0.357 e. The number of amides is 1. The summed E-state index contributed by atoms with van der Waals surface area (Å²) < 4.78 is 0. The van der Waals surface area contributed by atoms with E-state index >= 15 is 0 Å². The van der Waals surface area contributed by atoms with Crippen molar-refractivity contribution < 1.29 is 4.79 Å². The van der Waals surface area contributed by atoms with E-state index in [1.165, 1.54) is 11.1 Å². The summed E-state index contributed by atoms with van der Waals surface area (Å²) in [5.41, 5.74) is 2.07. The Labute approximate surface area is 163 Å². The van der Waals surface area contributed by atoms with Crippen molar-refractivity contribution in [2.45, 2.75) is 41.2 Å². The number of hydrogen-bond donors (Lipinski definition) is 3. The van der Waals surface area contributed by atoms with Crippen molar-refractivity contribution in [3.63, 3.8) is 0 Å². The quantitative estimate of drug-likeness (QED) is 0.273. The third-order valence-corrected chi connectivity index (χ3v) is 3.27. The molecule has 0 heterocycles. The van der Waals surface area contributed by atoms with Crippen LogP contribution in [0.5, 0.6) is 0 Å². The minimum atomic E-state index is -0.357. The molecule has 0 bridgehead atoms. The first-order chi connectivity index (χ1) is 10.8. The Bertz CT molecular complexity index is 521. The number of hydrogen-bond acceptors (Lipinski definition) is 2. The third kappa shape index (κ3) is 9.10. The van der Waals surface area contributed by atoms with Crippen LogP contribution in [0.25, 0.3) is 0 Å². The molecular formula is C18H31IN4O. The number of aliphatic imine (C=N–C) groups is 1. The first-order valence-electron chi connectivity index (χ1n) is 8.19. The van der Waals surface area contributed by atoms with E-state index in [-0.39, 0.29) is 35.3 Å². The number of carbonyl (C=O) groups excluding carboxylic acids is 1. The van der Waals surface area contributed by atoms with Crippen molar-refractivity contribution in [3.05, 3.63) is 35.4 Å². The molecule has 1 amide bonds. The van der Waals surface area contributed by atoms with Gasteiger partial charge in [0.2, 0.25) is 5.91 Å². The Hall–Kier alpha value is -1.31. The molecule has 136 valence electrons. The van der Waals surface area contributed by atoms with E-state index in [2.05, 4.69) is 52.1 Å². The summed E-state index contributed by atoms with van der Waals surface area (Å²) in [5.74, 6) is 0.818. The zero-order valence-electron chi connectivity index (χ0n) is 15.4. The molecule has 0 fully saturated rings. The van der Waals surface area contributed by atoms with Crippen molar-refractivity contribution >= 4 is 35.8 Å². The van der Waals surface area contributed by atoms with Gasteiger partial charge in [0.05, 0.1) is 6.54 Å². The Morgan fingerprint density at radius 3 is 2.17 bits per heavy atom. The van der Waals surface area contributed by atoms with E-state index in [0.29, 0.717) is 19.6 Å². The number of aryl methyl sites for hydroxylation is 1. The predicted octanol–water partition coefficient (Wildman–Crippen LogP) is 2.83. The Kier molecular flexibility index (Phi) is 10.7. The highest BCUT2D eigenvalue weighted by molar-refractivity contribution is 14.0. The van der Waals surface area contributed by atoms with Crippen molar-refractivity contribution in [1.82, 2.24) is 16.0 Å². The fraction of sp³-hybridized carbons (Fsp3) is 0.556. The molecule has 0 radical (unpaired) electrons. The van der Waals surface area contributed by atoms with Gasteiger partial charge in [-0.05, 0) is 19.4 Å². The summed E-state index contributed by atoms with van der Waals surface area (Å²) in [6, 6.07) is 8.36. The van der Waals surface area contributed by atoms with Gasteiger partial charge in [-0.1, -0.05) is 50.6 Å². The van der Waals surface area contributed by atoms with Gasteiger partial charge in [-0.15, -0.1) is 24.0 Å². The lowest BCUT2D eigenvalue weighted by Crippen LogP contribution is -2.43. The molecule has 0 unspecified atom stereocenters. The van der Waals surface area contributed by atoms with E-state index in [1.54, 1.807) is 0 Å². The van der Waals surface area contributed by atoms with Crippen LogP contribution in [-0.4, -0.2) is 31.5 Å². The molecular weight excluding hydrogens is 415 g/mol. The van der Waals surface area contributed by atoms with E-state index in [0.717, 1.165) is 12.5 Å². The highest BCUT2D eigenvalue weighted by Gasteiger charge is 2.20. The maximum Gasteiger partial charge on any atom is 0.225 e. The van der Waals surface area contributed by atoms with Crippen LogP contribution < -0.4 is 16.0 Å². The molecule has 0 aliphatic rings. The summed E-state index contributed by atoms with van der Waals surface area (Å²) in [4.78, 5) is 16.3. The molecule has 1 rings (SSSR count). The lowest BCUT2D eigenvalue weighted by Gasteiger charge is -2.18. The SMILES string of the molecule is CCNC(=NCc1ccc(C)cc1)NCCNC(=O)C(C)(C)C.I. The normalized spacial score (nSPS) is 11.5.